The fourth-order valence-corrected chi connectivity index (χ4v) is 2.80. The van der Waals surface area contributed by atoms with Crippen LogP contribution >= 0.6 is 0 Å². The number of anilines is 1. The van der Waals surface area contributed by atoms with E-state index >= 15 is 0 Å². The maximum atomic E-state index is 14.3. The summed E-state index contributed by atoms with van der Waals surface area (Å²) in [4.78, 5) is 32.1. The summed E-state index contributed by atoms with van der Waals surface area (Å²) in [6.07, 6.45) is 1.62. The number of nitrogens with one attached hydrogen (secondary N) is 2. The van der Waals surface area contributed by atoms with Crippen molar-refractivity contribution in [2.45, 2.75) is 38.5 Å². The number of hydrogen-bond donors (Lipinski definition) is 2. The van der Waals surface area contributed by atoms with Gasteiger partial charge in [0.2, 0.25) is 5.95 Å². The molecule has 1 aliphatic rings. The Morgan fingerprint density at radius 2 is 2.16 bits per heavy atom. The van der Waals surface area contributed by atoms with E-state index in [9.17, 15) is 18.4 Å². The molecule has 0 spiro atoms. The van der Waals surface area contributed by atoms with Gasteiger partial charge in [0.05, 0.1) is 5.69 Å². The van der Waals surface area contributed by atoms with E-state index in [-0.39, 0.29) is 37.8 Å². The van der Waals surface area contributed by atoms with Gasteiger partial charge in [-0.1, -0.05) is 13.3 Å². The molecule has 0 aliphatic carbocycles. The number of halogens is 2. The van der Waals surface area contributed by atoms with Crippen LogP contribution in [0.1, 0.15) is 31.9 Å². The fourth-order valence-electron chi connectivity index (χ4n) is 2.80. The van der Waals surface area contributed by atoms with Crippen LogP contribution in [-0.4, -0.2) is 44.6 Å². The van der Waals surface area contributed by atoms with E-state index in [1.54, 1.807) is 0 Å². The topological polar surface area (TPSA) is 101 Å². The summed E-state index contributed by atoms with van der Waals surface area (Å²) in [5.41, 5.74) is 0.141. The second-order valence-corrected chi connectivity index (χ2v) is 6.01. The molecule has 3 heterocycles. The molecule has 0 unspecified atom stereocenters. The van der Waals surface area contributed by atoms with Gasteiger partial charge in [0.15, 0.2) is 0 Å². The highest BCUT2D eigenvalue weighted by Crippen LogP contribution is 2.33. The number of aromatic amines is 1. The van der Waals surface area contributed by atoms with E-state index < -0.39 is 23.3 Å². The number of hydrogen-bond acceptors (Lipinski definition) is 5. The van der Waals surface area contributed by atoms with Crippen molar-refractivity contribution in [3.05, 3.63) is 22.1 Å². The molecule has 2 aromatic rings. The summed E-state index contributed by atoms with van der Waals surface area (Å²) in [6, 6.07) is 1.34. The van der Waals surface area contributed by atoms with Gasteiger partial charge in [0, 0.05) is 25.2 Å². The molecule has 2 aromatic heterocycles. The molecule has 1 amide bonds. The second-order valence-electron chi connectivity index (χ2n) is 6.01. The number of alkyl halides is 2. The SMILES string of the molecule is CCCc1cc(=O)n2[nH]c(NC(=O)C(F)(F)C3CCOCC3)nc2n1. The Hall–Kier alpha value is -2.36. The zero-order valence-electron chi connectivity index (χ0n) is 13.7. The van der Waals surface area contributed by atoms with Gasteiger partial charge in [-0.2, -0.15) is 18.3 Å². The Balaban J connectivity index is 1.81. The zero-order valence-corrected chi connectivity index (χ0v) is 13.7. The largest absolute Gasteiger partial charge is 0.381 e. The van der Waals surface area contributed by atoms with Gasteiger partial charge in [-0.25, -0.2) is 4.98 Å². The number of amides is 1. The van der Waals surface area contributed by atoms with E-state index in [0.717, 1.165) is 10.9 Å². The van der Waals surface area contributed by atoms with Gasteiger partial charge < -0.3 is 4.74 Å². The van der Waals surface area contributed by atoms with Crippen molar-refractivity contribution < 1.29 is 18.3 Å². The minimum absolute atomic E-state index is 0.0284. The lowest BCUT2D eigenvalue weighted by atomic mass is 9.92. The molecule has 136 valence electrons. The van der Waals surface area contributed by atoms with Crippen molar-refractivity contribution in [3.63, 3.8) is 0 Å². The van der Waals surface area contributed by atoms with Gasteiger partial charge in [-0.15, -0.1) is 0 Å². The number of carbonyl (C=O) groups excluding carboxylic acids is 1. The van der Waals surface area contributed by atoms with Crippen LogP contribution in [0.5, 0.6) is 0 Å². The van der Waals surface area contributed by atoms with E-state index in [0.29, 0.717) is 12.1 Å². The summed E-state index contributed by atoms with van der Waals surface area (Å²) in [7, 11) is 0. The van der Waals surface area contributed by atoms with Crippen LogP contribution in [0.15, 0.2) is 10.9 Å². The Morgan fingerprint density at radius 1 is 1.44 bits per heavy atom. The van der Waals surface area contributed by atoms with E-state index in [1.165, 1.54) is 6.07 Å². The fraction of sp³-hybridized carbons (Fsp3) is 0.600. The van der Waals surface area contributed by atoms with Crippen molar-refractivity contribution in [1.82, 2.24) is 19.6 Å². The van der Waals surface area contributed by atoms with Crippen LogP contribution in [0.3, 0.4) is 0 Å². The van der Waals surface area contributed by atoms with E-state index in [2.05, 4.69) is 20.4 Å². The zero-order chi connectivity index (χ0) is 18.0. The molecule has 1 fully saturated rings. The van der Waals surface area contributed by atoms with Crippen LogP contribution in [0.4, 0.5) is 14.7 Å². The van der Waals surface area contributed by atoms with Crippen LogP contribution in [0.2, 0.25) is 0 Å². The van der Waals surface area contributed by atoms with Gasteiger partial charge >= 0.3 is 5.92 Å². The minimum Gasteiger partial charge on any atom is -0.381 e. The Morgan fingerprint density at radius 3 is 2.84 bits per heavy atom. The number of H-pyrrole nitrogens is 1. The summed E-state index contributed by atoms with van der Waals surface area (Å²) < 4.78 is 34.6. The lowest BCUT2D eigenvalue weighted by molar-refractivity contribution is -0.153. The Bertz CT molecular complexity index is 826. The number of nitrogens with zero attached hydrogens (tertiary/aromatic N) is 3. The number of ether oxygens (including phenoxy) is 1. The van der Waals surface area contributed by atoms with Crippen molar-refractivity contribution in [1.29, 1.82) is 0 Å². The first kappa shape index (κ1) is 17.5. The third kappa shape index (κ3) is 3.53. The van der Waals surface area contributed by atoms with Crippen LogP contribution in [0, 0.1) is 5.92 Å². The highest BCUT2D eigenvalue weighted by atomic mass is 19.3. The normalized spacial score (nSPS) is 16.3. The number of aromatic nitrogens is 4. The second kappa shape index (κ2) is 6.87. The predicted molar refractivity (Wildman–Crippen MR) is 84.7 cm³/mol. The summed E-state index contributed by atoms with van der Waals surface area (Å²) in [5, 5.41) is 4.53. The molecule has 1 aliphatic heterocycles. The molecular weight excluding hydrogens is 336 g/mol. The average Bonchev–Trinajstić information content (AvgIpc) is 2.99. The van der Waals surface area contributed by atoms with Gasteiger partial charge in [-0.3, -0.25) is 20.0 Å². The standard InChI is InChI=1S/C15H19F2N5O3/c1-2-3-10-8-11(23)22-14(18-10)20-13(21-22)19-12(24)15(16,17)9-4-6-25-7-5-9/h8-9H,2-7H2,1H3,(H2,18,19,20,21,24). The first-order chi connectivity index (χ1) is 11.9. The van der Waals surface area contributed by atoms with Gasteiger partial charge in [0.25, 0.3) is 17.2 Å². The lowest BCUT2D eigenvalue weighted by Crippen LogP contribution is -2.44. The van der Waals surface area contributed by atoms with Crippen molar-refractivity contribution >= 4 is 17.6 Å². The van der Waals surface area contributed by atoms with E-state index in [1.807, 2.05) is 6.92 Å². The molecule has 10 heteroatoms. The molecule has 8 nitrogen and oxygen atoms in total. The van der Waals surface area contributed by atoms with Gasteiger partial charge in [-0.05, 0) is 19.3 Å². The first-order valence-corrected chi connectivity index (χ1v) is 8.17. The van der Waals surface area contributed by atoms with Crippen molar-refractivity contribution in [2.75, 3.05) is 18.5 Å². The predicted octanol–water partition coefficient (Wildman–Crippen LogP) is 1.37. The Labute approximate surface area is 141 Å². The summed E-state index contributed by atoms with van der Waals surface area (Å²) >= 11 is 0. The number of fused-ring (bicyclic) bond motifs is 1. The molecule has 3 rings (SSSR count). The molecule has 1 saturated heterocycles. The first-order valence-electron chi connectivity index (χ1n) is 8.17. The molecule has 0 radical (unpaired) electrons. The highest BCUT2D eigenvalue weighted by molar-refractivity contribution is 5.95. The van der Waals surface area contributed by atoms with E-state index in [4.69, 9.17) is 4.74 Å². The van der Waals surface area contributed by atoms with Gasteiger partial charge in [0.1, 0.15) is 0 Å². The lowest BCUT2D eigenvalue weighted by Gasteiger charge is -2.28. The quantitative estimate of drug-likeness (QED) is 0.844. The third-order valence-corrected chi connectivity index (χ3v) is 4.16. The maximum absolute atomic E-state index is 14.3. The average molecular weight is 355 g/mol. The highest BCUT2D eigenvalue weighted by Gasteiger charge is 2.47. The molecule has 0 aromatic carbocycles. The smallest absolute Gasteiger partial charge is 0.327 e. The van der Waals surface area contributed by atoms with Crippen LogP contribution < -0.4 is 10.9 Å². The van der Waals surface area contributed by atoms with Crippen LogP contribution in [0.25, 0.3) is 5.78 Å². The molecule has 0 bridgehead atoms. The Kier molecular flexibility index (Phi) is 4.80. The maximum Gasteiger partial charge on any atom is 0.327 e. The summed E-state index contributed by atoms with van der Waals surface area (Å²) in [6.45, 7) is 2.35. The number of aryl methyl sites for hydroxylation is 1. The molecular formula is C15H19F2N5O3. The molecule has 0 saturated carbocycles. The molecule has 0 atom stereocenters. The minimum atomic E-state index is -3.55. The number of carbonyl (C=O) groups is 1. The number of rotatable bonds is 5. The van der Waals surface area contributed by atoms with Crippen molar-refractivity contribution in [2.24, 2.45) is 5.92 Å². The molecule has 2 N–H and O–H groups in total. The third-order valence-electron chi connectivity index (χ3n) is 4.16. The monoisotopic (exact) mass is 355 g/mol. The molecule has 25 heavy (non-hydrogen) atoms. The van der Waals surface area contributed by atoms with Crippen LogP contribution in [-0.2, 0) is 16.0 Å². The summed E-state index contributed by atoms with van der Waals surface area (Å²) in [5.74, 6) is -6.30. The van der Waals surface area contributed by atoms with Crippen molar-refractivity contribution in [3.8, 4) is 0 Å².